The van der Waals surface area contributed by atoms with E-state index < -0.39 is 11.9 Å². The molecule has 0 saturated heterocycles. The SMILES string of the molecule is NCCNC(=O)c1ccccc1C(=O)O. The number of aromatic carboxylic acids is 1. The molecular weight excluding hydrogens is 196 g/mol. The zero-order valence-electron chi connectivity index (χ0n) is 8.06. The van der Waals surface area contributed by atoms with Crippen molar-refractivity contribution >= 4 is 11.9 Å². The quantitative estimate of drug-likeness (QED) is 0.653. The highest BCUT2D eigenvalue weighted by molar-refractivity contribution is 6.04. The maximum Gasteiger partial charge on any atom is 0.336 e. The predicted molar refractivity (Wildman–Crippen MR) is 54.8 cm³/mol. The van der Waals surface area contributed by atoms with E-state index in [1.807, 2.05) is 0 Å². The van der Waals surface area contributed by atoms with Gasteiger partial charge < -0.3 is 16.2 Å². The van der Waals surface area contributed by atoms with Gasteiger partial charge >= 0.3 is 5.97 Å². The third-order valence-corrected chi connectivity index (χ3v) is 1.83. The molecule has 0 radical (unpaired) electrons. The van der Waals surface area contributed by atoms with Crippen LogP contribution < -0.4 is 11.1 Å². The van der Waals surface area contributed by atoms with E-state index in [4.69, 9.17) is 10.8 Å². The molecule has 0 atom stereocenters. The summed E-state index contributed by atoms with van der Waals surface area (Å²) >= 11 is 0. The van der Waals surface area contributed by atoms with Crippen LogP contribution in [0.15, 0.2) is 24.3 Å². The molecule has 0 aliphatic heterocycles. The van der Waals surface area contributed by atoms with E-state index in [1.165, 1.54) is 12.1 Å². The van der Waals surface area contributed by atoms with Gasteiger partial charge in [0.15, 0.2) is 0 Å². The maximum absolute atomic E-state index is 11.5. The van der Waals surface area contributed by atoms with E-state index >= 15 is 0 Å². The van der Waals surface area contributed by atoms with Crippen LogP contribution in [-0.2, 0) is 0 Å². The summed E-state index contributed by atoms with van der Waals surface area (Å²) in [6.45, 7) is 0.647. The van der Waals surface area contributed by atoms with Gasteiger partial charge in [0.2, 0.25) is 0 Å². The van der Waals surface area contributed by atoms with Crippen LogP contribution in [0.1, 0.15) is 20.7 Å². The molecule has 0 heterocycles. The lowest BCUT2D eigenvalue weighted by atomic mass is 10.1. The molecule has 0 fully saturated rings. The first-order valence-electron chi connectivity index (χ1n) is 4.47. The maximum atomic E-state index is 11.5. The average Bonchev–Trinajstić information content (AvgIpc) is 2.25. The number of rotatable bonds is 4. The van der Waals surface area contributed by atoms with E-state index in [0.29, 0.717) is 13.1 Å². The topological polar surface area (TPSA) is 92.4 Å². The molecule has 80 valence electrons. The number of carboxylic acids is 1. The molecule has 0 aromatic heterocycles. The Labute approximate surface area is 86.9 Å². The molecule has 0 aliphatic carbocycles. The van der Waals surface area contributed by atoms with Gasteiger partial charge in [-0.25, -0.2) is 4.79 Å². The molecule has 1 amide bonds. The molecular formula is C10H12N2O3. The summed E-state index contributed by atoms with van der Waals surface area (Å²) in [4.78, 5) is 22.3. The minimum atomic E-state index is -1.12. The Morgan fingerprint density at radius 3 is 2.40 bits per heavy atom. The molecule has 0 aliphatic rings. The number of nitrogens with two attached hydrogens (primary N) is 1. The first-order valence-corrected chi connectivity index (χ1v) is 4.47. The average molecular weight is 208 g/mol. The highest BCUT2D eigenvalue weighted by Crippen LogP contribution is 2.08. The van der Waals surface area contributed by atoms with Crippen LogP contribution in [0.3, 0.4) is 0 Å². The van der Waals surface area contributed by atoms with Crippen molar-refractivity contribution in [1.29, 1.82) is 0 Å². The molecule has 1 rings (SSSR count). The van der Waals surface area contributed by atoms with E-state index in [2.05, 4.69) is 5.32 Å². The number of carbonyl (C=O) groups is 2. The lowest BCUT2D eigenvalue weighted by Gasteiger charge is -2.05. The van der Waals surface area contributed by atoms with Gasteiger partial charge in [0.25, 0.3) is 5.91 Å². The van der Waals surface area contributed by atoms with Gasteiger partial charge in [-0.15, -0.1) is 0 Å². The van der Waals surface area contributed by atoms with E-state index in [0.717, 1.165) is 0 Å². The zero-order valence-corrected chi connectivity index (χ0v) is 8.06. The van der Waals surface area contributed by atoms with Gasteiger partial charge in [-0.1, -0.05) is 12.1 Å². The minimum absolute atomic E-state index is 0.00739. The van der Waals surface area contributed by atoms with Crippen molar-refractivity contribution in [1.82, 2.24) is 5.32 Å². The van der Waals surface area contributed by atoms with Crippen molar-refractivity contribution < 1.29 is 14.7 Å². The third kappa shape index (κ3) is 2.78. The van der Waals surface area contributed by atoms with Crippen LogP contribution in [-0.4, -0.2) is 30.1 Å². The largest absolute Gasteiger partial charge is 0.478 e. The molecule has 0 saturated carbocycles. The van der Waals surface area contributed by atoms with Crippen LogP contribution in [0, 0.1) is 0 Å². The number of nitrogens with one attached hydrogen (secondary N) is 1. The number of carbonyl (C=O) groups excluding carboxylic acids is 1. The van der Waals surface area contributed by atoms with Crippen LogP contribution in [0.2, 0.25) is 0 Å². The molecule has 0 unspecified atom stereocenters. The molecule has 1 aromatic rings. The smallest absolute Gasteiger partial charge is 0.336 e. The molecule has 0 bridgehead atoms. The Morgan fingerprint density at radius 1 is 1.27 bits per heavy atom. The molecule has 1 aromatic carbocycles. The van der Waals surface area contributed by atoms with Crippen LogP contribution in [0.5, 0.6) is 0 Å². The first kappa shape index (κ1) is 11.2. The standard InChI is InChI=1S/C10H12N2O3/c11-5-6-12-9(13)7-3-1-2-4-8(7)10(14)15/h1-4H,5-6,11H2,(H,12,13)(H,14,15). The van der Waals surface area contributed by atoms with Gasteiger partial charge in [-0.05, 0) is 12.1 Å². The molecule has 5 nitrogen and oxygen atoms in total. The summed E-state index contributed by atoms with van der Waals surface area (Å²) in [6.07, 6.45) is 0. The summed E-state index contributed by atoms with van der Waals surface area (Å²) < 4.78 is 0. The van der Waals surface area contributed by atoms with Gasteiger partial charge in [0.05, 0.1) is 11.1 Å². The summed E-state index contributed by atoms with van der Waals surface area (Å²) in [6, 6.07) is 6.04. The Balaban J connectivity index is 2.92. The summed E-state index contributed by atoms with van der Waals surface area (Å²) in [5, 5.41) is 11.4. The third-order valence-electron chi connectivity index (χ3n) is 1.83. The van der Waals surface area contributed by atoms with Crippen LogP contribution in [0.25, 0.3) is 0 Å². The Hall–Kier alpha value is -1.88. The zero-order chi connectivity index (χ0) is 11.3. The van der Waals surface area contributed by atoms with E-state index in [1.54, 1.807) is 12.1 Å². The van der Waals surface area contributed by atoms with Crippen molar-refractivity contribution in [3.63, 3.8) is 0 Å². The van der Waals surface area contributed by atoms with Crippen LogP contribution in [0.4, 0.5) is 0 Å². The lowest BCUT2D eigenvalue weighted by molar-refractivity contribution is 0.0691. The Bertz CT molecular complexity index is 377. The molecule has 5 heteroatoms. The second kappa shape index (κ2) is 5.11. The van der Waals surface area contributed by atoms with Crippen molar-refractivity contribution in [2.45, 2.75) is 0 Å². The Morgan fingerprint density at radius 2 is 1.87 bits per heavy atom. The second-order valence-corrected chi connectivity index (χ2v) is 2.90. The van der Waals surface area contributed by atoms with Gasteiger partial charge in [-0.3, -0.25) is 4.79 Å². The molecule has 15 heavy (non-hydrogen) atoms. The highest BCUT2D eigenvalue weighted by Gasteiger charge is 2.14. The van der Waals surface area contributed by atoms with Crippen LogP contribution >= 0.6 is 0 Å². The second-order valence-electron chi connectivity index (χ2n) is 2.90. The summed E-state index contributed by atoms with van der Waals surface area (Å²) in [7, 11) is 0. The lowest BCUT2D eigenvalue weighted by Crippen LogP contribution is -2.30. The summed E-state index contributed by atoms with van der Waals surface area (Å²) in [5.41, 5.74) is 5.37. The van der Waals surface area contributed by atoms with Gasteiger partial charge in [0, 0.05) is 13.1 Å². The number of hydrogen-bond donors (Lipinski definition) is 3. The van der Waals surface area contributed by atoms with Crippen molar-refractivity contribution in [3.05, 3.63) is 35.4 Å². The number of amides is 1. The highest BCUT2D eigenvalue weighted by atomic mass is 16.4. The van der Waals surface area contributed by atoms with E-state index in [9.17, 15) is 9.59 Å². The van der Waals surface area contributed by atoms with Gasteiger partial charge in [0.1, 0.15) is 0 Å². The molecule has 4 N–H and O–H groups in total. The minimum Gasteiger partial charge on any atom is -0.478 e. The Kier molecular flexibility index (Phi) is 3.82. The fraction of sp³-hybridized carbons (Fsp3) is 0.200. The van der Waals surface area contributed by atoms with Crippen molar-refractivity contribution in [2.75, 3.05) is 13.1 Å². The van der Waals surface area contributed by atoms with Crippen molar-refractivity contribution in [2.24, 2.45) is 5.73 Å². The normalized spacial score (nSPS) is 9.67. The number of carboxylic acid groups (broad SMARTS) is 1. The summed E-state index contributed by atoms with van der Waals surface area (Å²) in [5.74, 6) is -1.54. The monoisotopic (exact) mass is 208 g/mol. The number of hydrogen-bond acceptors (Lipinski definition) is 3. The van der Waals surface area contributed by atoms with Gasteiger partial charge in [-0.2, -0.15) is 0 Å². The fourth-order valence-corrected chi connectivity index (χ4v) is 1.15. The number of benzene rings is 1. The first-order chi connectivity index (χ1) is 7.16. The fourth-order valence-electron chi connectivity index (χ4n) is 1.15. The van der Waals surface area contributed by atoms with E-state index in [-0.39, 0.29) is 11.1 Å². The van der Waals surface area contributed by atoms with Crippen molar-refractivity contribution in [3.8, 4) is 0 Å². The molecule has 0 spiro atoms. The predicted octanol–water partition coefficient (Wildman–Crippen LogP) is 0.0733.